The predicted octanol–water partition coefficient (Wildman–Crippen LogP) is 4.04. The first-order valence-electron chi connectivity index (χ1n) is 10.1. The second kappa shape index (κ2) is 8.37. The molecule has 0 fully saturated rings. The Labute approximate surface area is 179 Å². The number of halogens is 2. The minimum Gasteiger partial charge on any atom is -0.368 e. The molecule has 2 N–H and O–H groups in total. The van der Waals surface area contributed by atoms with Gasteiger partial charge < -0.3 is 10.6 Å². The number of carbonyl (C=O) groups is 1. The lowest BCUT2D eigenvalue weighted by Gasteiger charge is -2.30. The molecule has 2 atom stereocenters. The lowest BCUT2D eigenvalue weighted by molar-refractivity contribution is 0.0965. The van der Waals surface area contributed by atoms with Gasteiger partial charge in [0.15, 0.2) is 0 Å². The van der Waals surface area contributed by atoms with Crippen molar-refractivity contribution in [2.75, 3.05) is 11.9 Å². The number of hydrogen-bond acceptors (Lipinski definition) is 5. The maximum absolute atomic E-state index is 14.4. The van der Waals surface area contributed by atoms with Gasteiger partial charge in [-0.25, -0.2) is 8.78 Å². The summed E-state index contributed by atoms with van der Waals surface area (Å²) >= 11 is 0. The largest absolute Gasteiger partial charge is 0.368 e. The second-order valence-electron chi connectivity index (χ2n) is 8.09. The van der Waals surface area contributed by atoms with E-state index in [4.69, 9.17) is 0 Å². The van der Waals surface area contributed by atoms with E-state index in [1.807, 2.05) is 18.2 Å². The molecule has 0 saturated carbocycles. The van der Waals surface area contributed by atoms with Crippen LogP contribution < -0.4 is 10.6 Å². The monoisotopic (exact) mass is 423 g/mol. The zero-order valence-electron chi connectivity index (χ0n) is 17.3. The van der Waals surface area contributed by atoms with Crippen molar-refractivity contribution >= 4 is 11.7 Å². The third-order valence-corrected chi connectivity index (χ3v) is 5.47. The van der Waals surface area contributed by atoms with E-state index in [1.165, 1.54) is 25.3 Å². The molecule has 0 bridgehead atoms. The molecule has 1 aliphatic rings. The molecule has 1 amide bonds. The van der Waals surface area contributed by atoms with Crippen LogP contribution in [0.3, 0.4) is 0 Å². The van der Waals surface area contributed by atoms with Gasteiger partial charge in [0.1, 0.15) is 11.6 Å². The van der Waals surface area contributed by atoms with Gasteiger partial charge in [-0.15, -0.1) is 10.2 Å². The van der Waals surface area contributed by atoms with Gasteiger partial charge in [0.05, 0.1) is 17.6 Å². The van der Waals surface area contributed by atoms with Gasteiger partial charge in [-0.1, -0.05) is 13.0 Å². The van der Waals surface area contributed by atoms with E-state index in [1.54, 1.807) is 19.1 Å². The van der Waals surface area contributed by atoms with E-state index in [0.29, 0.717) is 23.6 Å². The third kappa shape index (κ3) is 4.38. The molecular formula is C23H23F2N5O. The number of anilines is 1. The Morgan fingerprint density at radius 3 is 2.77 bits per heavy atom. The maximum Gasteiger partial charge on any atom is 0.251 e. The minimum atomic E-state index is -1.12. The van der Waals surface area contributed by atoms with Crippen LogP contribution in [-0.4, -0.2) is 33.8 Å². The number of benzene rings is 1. The van der Waals surface area contributed by atoms with Crippen LogP contribution in [0.4, 0.5) is 14.6 Å². The highest BCUT2D eigenvalue weighted by Gasteiger charge is 2.33. The van der Waals surface area contributed by atoms with Gasteiger partial charge in [0.25, 0.3) is 5.91 Å². The third-order valence-electron chi connectivity index (χ3n) is 5.47. The molecule has 3 heterocycles. The molecule has 0 radical (unpaired) electrons. The van der Waals surface area contributed by atoms with Crippen LogP contribution in [0.15, 0.2) is 48.7 Å². The van der Waals surface area contributed by atoms with E-state index >= 15 is 0 Å². The maximum atomic E-state index is 14.4. The van der Waals surface area contributed by atoms with E-state index < -0.39 is 17.4 Å². The van der Waals surface area contributed by atoms with Crippen LogP contribution >= 0.6 is 0 Å². The molecule has 160 valence electrons. The summed E-state index contributed by atoms with van der Waals surface area (Å²) in [6.07, 6.45) is 0.498. The van der Waals surface area contributed by atoms with Gasteiger partial charge in [0.2, 0.25) is 0 Å². The number of fused-ring (bicyclic) bond motifs is 1. The summed E-state index contributed by atoms with van der Waals surface area (Å²) in [6.45, 7) is 3.98. The van der Waals surface area contributed by atoms with Crippen LogP contribution in [0.2, 0.25) is 0 Å². The average Bonchev–Trinajstić information content (AvgIpc) is 3.12. The van der Waals surface area contributed by atoms with Crippen molar-refractivity contribution in [2.24, 2.45) is 0 Å². The molecule has 0 spiro atoms. The quantitative estimate of drug-likeness (QED) is 0.600. The number of nitrogens with one attached hydrogen (secondary N) is 2. The Kier molecular flexibility index (Phi) is 5.63. The normalized spacial score (nSPS) is 15.7. The molecule has 0 unspecified atom stereocenters. The van der Waals surface area contributed by atoms with Gasteiger partial charge >= 0.3 is 0 Å². The van der Waals surface area contributed by atoms with E-state index in [2.05, 4.69) is 25.8 Å². The summed E-state index contributed by atoms with van der Waals surface area (Å²) in [5, 5.41) is 14.4. The predicted molar refractivity (Wildman–Crippen MR) is 114 cm³/mol. The van der Waals surface area contributed by atoms with Gasteiger partial charge in [-0.2, -0.15) is 0 Å². The number of amides is 1. The van der Waals surface area contributed by atoms with Gasteiger partial charge in [-0.3, -0.25) is 9.78 Å². The summed E-state index contributed by atoms with van der Waals surface area (Å²) in [4.78, 5) is 15.9. The first kappa shape index (κ1) is 20.8. The van der Waals surface area contributed by atoms with Crippen LogP contribution in [0, 0.1) is 5.82 Å². The van der Waals surface area contributed by atoms with Crippen molar-refractivity contribution in [3.05, 3.63) is 71.3 Å². The summed E-state index contributed by atoms with van der Waals surface area (Å²) in [5.74, 6) is -0.0311. The molecule has 6 nitrogen and oxygen atoms in total. The molecular weight excluding hydrogens is 400 g/mol. The van der Waals surface area contributed by atoms with Crippen molar-refractivity contribution in [3.8, 4) is 11.3 Å². The first-order valence-corrected chi connectivity index (χ1v) is 10.1. The smallest absolute Gasteiger partial charge is 0.251 e. The molecule has 1 aromatic carbocycles. The Hall–Kier alpha value is -3.42. The molecule has 4 rings (SSSR count). The number of alkyl halides is 1. The van der Waals surface area contributed by atoms with E-state index in [9.17, 15) is 13.6 Å². The molecule has 1 aliphatic heterocycles. The van der Waals surface area contributed by atoms with Crippen molar-refractivity contribution in [2.45, 2.75) is 38.4 Å². The number of carbonyl (C=O) groups excluding carboxylic acids is 1. The Morgan fingerprint density at radius 1 is 1.23 bits per heavy atom. The summed E-state index contributed by atoms with van der Waals surface area (Å²) in [5.41, 5.74) is 2.50. The number of rotatable bonds is 7. The Bertz CT molecular complexity index is 1100. The van der Waals surface area contributed by atoms with Crippen molar-refractivity contribution < 1.29 is 13.6 Å². The zero-order valence-corrected chi connectivity index (χ0v) is 17.3. The SMILES string of the molecule is C[C@H](F)C[C@@](C)(CNc1ccc(-c2ccc3c(c2)CNC3=O)nn1)c1ncccc1F. The van der Waals surface area contributed by atoms with E-state index in [0.717, 1.165) is 11.1 Å². The minimum absolute atomic E-state index is 0.0674. The lowest BCUT2D eigenvalue weighted by Crippen LogP contribution is -2.35. The van der Waals surface area contributed by atoms with Crippen LogP contribution in [0.5, 0.6) is 0 Å². The molecule has 31 heavy (non-hydrogen) atoms. The molecule has 8 heteroatoms. The highest BCUT2D eigenvalue weighted by atomic mass is 19.1. The van der Waals surface area contributed by atoms with Gasteiger partial charge in [-0.05, 0) is 55.3 Å². The number of hydrogen-bond donors (Lipinski definition) is 2. The fraction of sp³-hybridized carbons (Fsp3) is 0.304. The standard InChI is InChI=1S/C23H23F2N5O/c1-14(24)11-23(2,21-18(25)4-3-9-26-21)13-28-20-8-7-19(29-30-20)15-5-6-17-16(10-15)12-27-22(17)31/h3-10,14H,11-13H2,1-2H3,(H,27,31)(H,28,30)/t14-,23-/m0/s1. The average molecular weight is 423 g/mol. The lowest BCUT2D eigenvalue weighted by atomic mass is 9.81. The second-order valence-corrected chi connectivity index (χ2v) is 8.09. The van der Waals surface area contributed by atoms with Gasteiger partial charge in [0, 0.05) is 35.8 Å². The Balaban J connectivity index is 1.50. The number of nitrogens with zero attached hydrogens (tertiary/aromatic N) is 3. The summed E-state index contributed by atoms with van der Waals surface area (Å²) < 4.78 is 28.2. The first-order chi connectivity index (χ1) is 14.9. The van der Waals surface area contributed by atoms with Crippen molar-refractivity contribution in [3.63, 3.8) is 0 Å². The van der Waals surface area contributed by atoms with E-state index in [-0.39, 0.29) is 24.6 Å². The summed E-state index contributed by atoms with van der Waals surface area (Å²) in [6, 6.07) is 12.0. The molecule has 2 aromatic heterocycles. The number of aromatic nitrogens is 3. The van der Waals surface area contributed by atoms with Crippen molar-refractivity contribution in [1.82, 2.24) is 20.5 Å². The molecule has 0 aliphatic carbocycles. The highest BCUT2D eigenvalue weighted by molar-refractivity contribution is 5.98. The molecule has 0 saturated heterocycles. The fourth-order valence-electron chi connectivity index (χ4n) is 3.96. The highest BCUT2D eigenvalue weighted by Crippen LogP contribution is 2.31. The number of pyridine rings is 1. The zero-order chi connectivity index (χ0) is 22.0. The Morgan fingerprint density at radius 2 is 2.06 bits per heavy atom. The fourth-order valence-corrected chi connectivity index (χ4v) is 3.96. The van der Waals surface area contributed by atoms with Crippen LogP contribution in [0.1, 0.15) is 41.9 Å². The van der Waals surface area contributed by atoms with Crippen molar-refractivity contribution in [1.29, 1.82) is 0 Å². The summed E-state index contributed by atoms with van der Waals surface area (Å²) in [7, 11) is 0. The molecule has 3 aromatic rings. The van der Waals surface area contributed by atoms with Crippen LogP contribution in [-0.2, 0) is 12.0 Å². The topological polar surface area (TPSA) is 79.8 Å². The van der Waals surface area contributed by atoms with Crippen LogP contribution in [0.25, 0.3) is 11.3 Å².